The molecule has 0 aliphatic carbocycles. The van der Waals surface area contributed by atoms with Crippen molar-refractivity contribution < 1.29 is 51.6 Å². The number of rotatable bonds is 2. The van der Waals surface area contributed by atoms with Crippen LogP contribution in [0, 0.1) is 5.92 Å². The molecule has 22 nitrogen and oxygen atoms in total. The van der Waals surface area contributed by atoms with Gasteiger partial charge in [-0.15, -0.1) is 0 Å². The van der Waals surface area contributed by atoms with Crippen LogP contribution in [-0.4, -0.2) is 97.7 Å². The van der Waals surface area contributed by atoms with E-state index in [9.17, 15) is 28.8 Å². The number of hydrogen-bond acceptors (Lipinski definition) is 17. The predicted octanol–water partition coefficient (Wildman–Crippen LogP) is -1.07. The molecule has 7 rings (SSSR count). The predicted molar refractivity (Wildman–Crippen MR) is 147 cm³/mol. The van der Waals surface area contributed by atoms with E-state index in [1.54, 1.807) is 6.92 Å². The topological polar surface area (TPSA) is 309 Å². The Bertz CT molecular complexity index is 1940. The minimum absolute atomic E-state index is 0.0177. The van der Waals surface area contributed by atoms with Gasteiger partial charge in [0.25, 0.3) is 5.56 Å². The van der Waals surface area contributed by atoms with Crippen molar-refractivity contribution in [3.63, 3.8) is 0 Å². The number of anilines is 2. The van der Waals surface area contributed by atoms with E-state index in [1.807, 2.05) is 0 Å². The molecule has 7 heterocycles. The van der Waals surface area contributed by atoms with Gasteiger partial charge in [-0.05, 0) is 0 Å². The molecule has 0 saturated carbocycles. The number of phosphoric acid groups is 2. The van der Waals surface area contributed by atoms with Crippen molar-refractivity contribution in [2.24, 2.45) is 5.92 Å². The smallest absolute Gasteiger partial charge is 0.386 e. The fourth-order valence-corrected chi connectivity index (χ4v) is 7.48. The van der Waals surface area contributed by atoms with Crippen molar-refractivity contribution in [1.29, 1.82) is 0 Å². The largest absolute Gasteiger partial charge is 0.472 e. The van der Waals surface area contributed by atoms with Gasteiger partial charge >= 0.3 is 15.6 Å². The Morgan fingerprint density at radius 1 is 0.889 bits per heavy atom. The summed E-state index contributed by atoms with van der Waals surface area (Å²) in [6, 6.07) is 0. The molecule has 4 aromatic rings. The van der Waals surface area contributed by atoms with E-state index < -0.39 is 83.3 Å². The molecule has 3 aliphatic rings. The lowest BCUT2D eigenvalue weighted by molar-refractivity contribution is -0.0671. The SMILES string of the molecule is CC1C2OP(=O)(O)OC[C@H]3O[C@@H](n4cnc5c(N)ncnc54)C(O)C3OP(=O)(O)OC[C@H]1O[C@H]2n1cnc2c(=O)[nH]c(N)nc21. The molecular weight excluding hydrogens is 646 g/mol. The number of nitrogen functional groups attached to an aromatic ring is 2. The number of H-pyrrole nitrogens is 1. The van der Waals surface area contributed by atoms with Gasteiger partial charge in [0.2, 0.25) is 5.95 Å². The number of nitrogens with two attached hydrogens (primary N) is 2. The second kappa shape index (κ2) is 10.9. The van der Waals surface area contributed by atoms with E-state index in [2.05, 4.69) is 29.9 Å². The molecular formula is C21H26N10O12P2. The summed E-state index contributed by atoms with van der Waals surface area (Å²) in [6.07, 6.45) is -5.93. The van der Waals surface area contributed by atoms with Crippen LogP contribution >= 0.6 is 15.6 Å². The lowest BCUT2D eigenvalue weighted by atomic mass is 10.0. The van der Waals surface area contributed by atoms with Crippen molar-refractivity contribution in [3.8, 4) is 0 Å². The summed E-state index contributed by atoms with van der Waals surface area (Å²) in [6.45, 7) is 0.255. The molecule has 6 unspecified atom stereocenters. The monoisotopic (exact) mass is 672 g/mol. The molecule has 24 heteroatoms. The van der Waals surface area contributed by atoms with Gasteiger partial charge in [-0.3, -0.25) is 37.0 Å². The van der Waals surface area contributed by atoms with E-state index in [1.165, 1.54) is 28.1 Å². The maximum atomic E-state index is 13.3. The van der Waals surface area contributed by atoms with Crippen LogP contribution in [0.4, 0.5) is 11.8 Å². The number of hydrogen-bond donors (Lipinski definition) is 6. The summed E-state index contributed by atoms with van der Waals surface area (Å²) in [5, 5.41) is 11.2. The quantitative estimate of drug-likeness (QED) is 0.138. The third-order valence-corrected chi connectivity index (χ3v) is 9.68. The number of nitrogens with zero attached hydrogens (tertiary/aromatic N) is 7. The molecule has 242 valence electrons. The molecule has 0 radical (unpaired) electrons. The molecule has 4 aromatic heterocycles. The number of aromatic nitrogens is 8. The van der Waals surface area contributed by atoms with Crippen LogP contribution in [0.3, 0.4) is 0 Å². The van der Waals surface area contributed by atoms with E-state index in [0.29, 0.717) is 0 Å². The maximum absolute atomic E-state index is 13.3. The van der Waals surface area contributed by atoms with Crippen molar-refractivity contribution in [1.82, 2.24) is 39.0 Å². The van der Waals surface area contributed by atoms with Crippen LogP contribution in [0.2, 0.25) is 0 Å². The average molecular weight is 672 g/mol. The van der Waals surface area contributed by atoms with E-state index in [-0.39, 0.29) is 34.1 Å². The summed E-state index contributed by atoms with van der Waals surface area (Å²) in [4.78, 5) is 56.3. The molecule has 45 heavy (non-hydrogen) atoms. The van der Waals surface area contributed by atoms with Crippen LogP contribution < -0.4 is 17.0 Å². The van der Waals surface area contributed by atoms with Gasteiger partial charge in [-0.25, -0.2) is 29.1 Å². The highest BCUT2D eigenvalue weighted by Crippen LogP contribution is 2.54. The summed E-state index contributed by atoms with van der Waals surface area (Å²) >= 11 is 0. The maximum Gasteiger partial charge on any atom is 0.472 e. The lowest BCUT2D eigenvalue weighted by Gasteiger charge is -2.26. The Morgan fingerprint density at radius 2 is 1.51 bits per heavy atom. The minimum atomic E-state index is -4.95. The molecule has 0 amide bonds. The van der Waals surface area contributed by atoms with Gasteiger partial charge in [-0.2, -0.15) is 4.98 Å². The highest BCUT2D eigenvalue weighted by Gasteiger charge is 2.53. The normalized spacial score (nSPS) is 37.7. The fraction of sp³-hybridized carbons (Fsp3) is 0.524. The molecule has 0 aromatic carbocycles. The average Bonchev–Trinajstić information content (AvgIpc) is 3.72. The summed E-state index contributed by atoms with van der Waals surface area (Å²) in [5.41, 5.74) is 11.2. The Hall–Kier alpha value is -3.40. The molecule has 3 aliphatic heterocycles. The molecule has 0 spiro atoms. The van der Waals surface area contributed by atoms with E-state index >= 15 is 0 Å². The van der Waals surface area contributed by atoms with Crippen molar-refractivity contribution in [2.45, 2.75) is 49.9 Å². The highest BCUT2D eigenvalue weighted by atomic mass is 31.2. The third-order valence-electron chi connectivity index (χ3n) is 7.71. The van der Waals surface area contributed by atoms with Gasteiger partial charge < -0.3 is 35.8 Å². The number of imidazole rings is 2. The molecule has 10 atom stereocenters. The summed E-state index contributed by atoms with van der Waals surface area (Å²) in [7, 11) is -9.91. The number of aliphatic hydroxyl groups is 1. The zero-order chi connectivity index (χ0) is 31.8. The number of ether oxygens (including phenoxy) is 2. The van der Waals surface area contributed by atoms with Gasteiger partial charge in [0.15, 0.2) is 35.1 Å². The number of phosphoric ester groups is 2. The highest BCUT2D eigenvalue weighted by molar-refractivity contribution is 7.47. The van der Waals surface area contributed by atoms with Crippen molar-refractivity contribution in [3.05, 3.63) is 29.3 Å². The van der Waals surface area contributed by atoms with Crippen molar-refractivity contribution >= 4 is 49.7 Å². The second-order valence-electron chi connectivity index (χ2n) is 10.5. The van der Waals surface area contributed by atoms with Crippen molar-refractivity contribution in [2.75, 3.05) is 24.7 Å². The first-order chi connectivity index (χ1) is 21.3. The number of aromatic amines is 1. The molecule has 3 saturated heterocycles. The van der Waals surface area contributed by atoms with Crippen LogP contribution in [-0.2, 0) is 36.7 Å². The van der Waals surface area contributed by atoms with E-state index in [4.69, 9.17) is 39.0 Å². The fourth-order valence-electron chi connectivity index (χ4n) is 5.52. The first kappa shape index (κ1) is 30.3. The second-order valence-corrected chi connectivity index (χ2v) is 13.3. The zero-order valence-electron chi connectivity index (χ0n) is 23.0. The van der Waals surface area contributed by atoms with Crippen LogP contribution in [0.5, 0.6) is 0 Å². The van der Waals surface area contributed by atoms with Gasteiger partial charge in [0.05, 0.1) is 32.0 Å². The number of nitrogens with one attached hydrogen (secondary N) is 1. The Labute approximate surface area is 250 Å². The molecule has 2 bridgehead atoms. The zero-order valence-corrected chi connectivity index (χ0v) is 24.7. The minimum Gasteiger partial charge on any atom is -0.386 e. The van der Waals surface area contributed by atoms with Crippen LogP contribution in [0.25, 0.3) is 22.3 Å². The molecule has 3 fully saturated rings. The molecule has 8 N–H and O–H groups in total. The Morgan fingerprint density at radius 3 is 2.24 bits per heavy atom. The third kappa shape index (κ3) is 5.32. The Balaban J connectivity index is 1.21. The number of fused-ring (bicyclic) bond motifs is 5. The van der Waals surface area contributed by atoms with Crippen LogP contribution in [0.15, 0.2) is 23.8 Å². The van der Waals surface area contributed by atoms with Crippen LogP contribution in [0.1, 0.15) is 19.4 Å². The first-order valence-corrected chi connectivity index (χ1v) is 16.3. The van der Waals surface area contributed by atoms with Gasteiger partial charge in [0, 0.05) is 5.92 Å². The summed E-state index contributed by atoms with van der Waals surface area (Å²) < 4.78 is 62.3. The number of aliphatic hydroxyl groups excluding tert-OH is 1. The van der Waals surface area contributed by atoms with Gasteiger partial charge in [-0.1, -0.05) is 6.92 Å². The Kier molecular flexibility index (Phi) is 7.30. The van der Waals surface area contributed by atoms with Gasteiger partial charge in [0.1, 0.15) is 36.3 Å². The standard InChI is InChI=1S/C21H26N10O12P2/c1-7-8-2-38-45(36,37)43-14-9(41-19(12(14)32)30-5-26-10-15(22)24-4-25-16(10)30)3-39-44(34,35)42-13(7)20(40-8)31-6-27-11-17(31)28-21(23)29-18(11)33/h4-9,12-14,19-20,32H,2-3H2,1H3,(H,34,35)(H,36,37)(H2,22,24,25)(H3,23,28,29,33)/t7?,8-,9-,12?,13?,14?,19-,20-/m1/s1. The summed E-state index contributed by atoms with van der Waals surface area (Å²) in [5.74, 6) is -0.939. The lowest BCUT2D eigenvalue weighted by Crippen LogP contribution is -2.36. The first-order valence-electron chi connectivity index (χ1n) is 13.3. The van der Waals surface area contributed by atoms with E-state index in [0.717, 1.165) is 0 Å².